The number of esters is 3. The largest absolute Gasteiger partial charge is 0.467 e. The Morgan fingerprint density at radius 3 is 1.09 bits per heavy atom. The molecule has 0 aromatic carbocycles. The fourth-order valence-electron chi connectivity index (χ4n) is 8.40. The molecule has 520 valence electrons. The minimum Gasteiger partial charge on any atom is -0.467 e. The van der Waals surface area contributed by atoms with Crippen molar-refractivity contribution >= 4 is 88.2 Å². The maximum absolute atomic E-state index is 15.3. The van der Waals surface area contributed by atoms with Gasteiger partial charge in [0, 0.05) is 57.9 Å². The van der Waals surface area contributed by atoms with Crippen LogP contribution in [0.2, 0.25) is 0 Å². The number of ketones is 5. The number of rotatable bonds is 45. The molecule has 30 nitrogen and oxygen atoms in total. The summed E-state index contributed by atoms with van der Waals surface area (Å²) < 4.78 is 15.7. The summed E-state index contributed by atoms with van der Waals surface area (Å²) in [5, 5.41) is 28.5. The molecule has 5 unspecified atom stereocenters. The summed E-state index contributed by atoms with van der Waals surface area (Å²) in [4.78, 5) is 210. The molecule has 0 aliphatic rings. The van der Waals surface area contributed by atoms with Crippen molar-refractivity contribution in [2.45, 2.75) is 230 Å². The highest BCUT2D eigenvalue weighted by Gasteiger charge is 2.41. The molecule has 7 amide bonds. The first-order valence-electron chi connectivity index (χ1n) is 30.6. The fourth-order valence-corrected chi connectivity index (χ4v) is 8.40. The molecule has 0 bridgehead atoms. The van der Waals surface area contributed by atoms with Crippen LogP contribution in [0.4, 0.5) is 0 Å². The molecular formula is C62H104N12O18. The van der Waals surface area contributed by atoms with Crippen LogP contribution >= 0.6 is 0 Å². The number of Topliss-reactive ketones (excluding diaryl/α,β-unsaturated/α-hetero) is 5. The molecule has 0 saturated heterocycles. The Labute approximate surface area is 540 Å². The summed E-state index contributed by atoms with van der Waals surface area (Å²) in [6, 6.07) is -17.3. The smallest absolute Gasteiger partial charge is 0.328 e. The number of nitrogens with zero attached hydrogens (tertiary/aromatic N) is 1. The van der Waals surface area contributed by atoms with Gasteiger partial charge in [0.05, 0.1) is 37.3 Å². The Kier molecular flexibility index (Phi) is 38.3. The van der Waals surface area contributed by atoms with Crippen LogP contribution < -0.4 is 58.5 Å². The lowest BCUT2D eigenvalue weighted by atomic mass is 9.98. The first-order valence-corrected chi connectivity index (χ1v) is 30.6. The van der Waals surface area contributed by atoms with E-state index in [-0.39, 0.29) is 19.3 Å². The van der Waals surface area contributed by atoms with Gasteiger partial charge in [-0.25, -0.2) is 4.79 Å². The van der Waals surface area contributed by atoms with Crippen molar-refractivity contribution in [3.05, 3.63) is 25.3 Å². The van der Waals surface area contributed by atoms with E-state index in [2.05, 4.69) is 71.6 Å². The van der Waals surface area contributed by atoms with Gasteiger partial charge in [0.25, 0.3) is 0 Å². The lowest BCUT2D eigenvalue weighted by Gasteiger charge is -2.35. The molecule has 0 spiro atoms. The number of methoxy groups -OCH3 is 1. The van der Waals surface area contributed by atoms with Gasteiger partial charge in [-0.1, -0.05) is 12.2 Å². The van der Waals surface area contributed by atoms with Crippen LogP contribution in [0, 0.1) is 0 Å². The first-order chi connectivity index (χ1) is 42.8. The first kappa shape index (κ1) is 84.3. The number of amides is 7. The van der Waals surface area contributed by atoms with Crippen LogP contribution in [0.3, 0.4) is 0 Å². The van der Waals surface area contributed by atoms with Crippen molar-refractivity contribution in [2.24, 2.45) is 0 Å². The van der Waals surface area contributed by atoms with E-state index < -0.39 is 230 Å². The summed E-state index contributed by atoms with van der Waals surface area (Å²) in [5.41, 5.74) is -1.91. The van der Waals surface area contributed by atoms with E-state index in [4.69, 9.17) is 14.2 Å². The van der Waals surface area contributed by atoms with Crippen LogP contribution in [0.25, 0.3) is 0 Å². The van der Waals surface area contributed by atoms with Gasteiger partial charge in [-0.2, -0.15) is 0 Å². The van der Waals surface area contributed by atoms with E-state index in [0.717, 1.165) is 12.0 Å². The maximum atomic E-state index is 15.3. The van der Waals surface area contributed by atoms with Crippen LogP contribution in [-0.4, -0.2) is 226 Å². The van der Waals surface area contributed by atoms with Gasteiger partial charge >= 0.3 is 17.9 Å². The van der Waals surface area contributed by atoms with Gasteiger partial charge < -0.3 is 77.6 Å². The second-order valence-corrected chi connectivity index (χ2v) is 24.2. The molecule has 30 heteroatoms. The Morgan fingerprint density at radius 1 is 0.413 bits per heavy atom. The summed E-state index contributed by atoms with van der Waals surface area (Å²) in [6.07, 6.45) is -2.88. The van der Waals surface area contributed by atoms with E-state index in [0.29, 0.717) is 0 Å². The highest BCUT2D eigenvalue weighted by atomic mass is 16.6. The zero-order valence-corrected chi connectivity index (χ0v) is 56.8. The third-order valence-corrected chi connectivity index (χ3v) is 14.5. The summed E-state index contributed by atoms with van der Waals surface area (Å²) >= 11 is 0. The van der Waals surface area contributed by atoms with E-state index >= 15 is 9.59 Å². The third kappa shape index (κ3) is 31.6. The van der Waals surface area contributed by atoms with Crippen molar-refractivity contribution in [1.82, 2.24) is 63.4 Å². The van der Waals surface area contributed by atoms with Crippen LogP contribution in [-0.2, 0) is 86.1 Å². The highest BCUT2D eigenvalue weighted by molar-refractivity contribution is 6.03. The summed E-state index contributed by atoms with van der Waals surface area (Å²) in [6.45, 7) is 23.7. The van der Waals surface area contributed by atoms with Crippen molar-refractivity contribution in [1.29, 1.82) is 0 Å². The molecule has 92 heavy (non-hydrogen) atoms. The van der Waals surface area contributed by atoms with Crippen LogP contribution in [0.1, 0.15) is 147 Å². The average molecular weight is 1310 g/mol. The molecule has 11 N–H and O–H groups in total. The molecule has 0 rings (SSSR count). The van der Waals surface area contributed by atoms with Crippen LogP contribution in [0.5, 0.6) is 0 Å². The molecule has 0 aromatic rings. The average Bonchev–Trinajstić information content (AvgIpc) is 0.836. The van der Waals surface area contributed by atoms with Gasteiger partial charge in [0.2, 0.25) is 41.4 Å². The number of carbonyl (C=O) groups excluding carboxylic acids is 15. The highest BCUT2D eigenvalue weighted by Crippen LogP contribution is 2.18. The lowest BCUT2D eigenvalue weighted by Crippen LogP contribution is -2.62. The van der Waals surface area contributed by atoms with Crippen molar-refractivity contribution < 1.29 is 86.1 Å². The predicted molar refractivity (Wildman–Crippen MR) is 340 cm³/mol. The second-order valence-electron chi connectivity index (χ2n) is 24.2. The Morgan fingerprint density at radius 2 is 0.728 bits per heavy atom. The normalized spacial score (nSPS) is 15.3. The molecule has 0 fully saturated rings. The number of allylic oxidation sites excluding steroid dienone is 1. The molecular weight excluding hydrogens is 1200 g/mol. The number of hydrogen-bond donors (Lipinski definition) is 11. The van der Waals surface area contributed by atoms with Crippen LogP contribution in [0.15, 0.2) is 25.3 Å². The Bertz CT molecular complexity index is 2600. The maximum Gasteiger partial charge on any atom is 0.328 e. The van der Waals surface area contributed by atoms with Gasteiger partial charge in [0.1, 0.15) is 53.5 Å². The van der Waals surface area contributed by atoms with Crippen molar-refractivity contribution in [2.75, 3.05) is 48.9 Å². The number of ether oxygens (including phenoxy) is 3. The number of hydrogen-bond acceptors (Lipinski definition) is 23. The number of nitrogens with one attached hydrogen (secondary N) is 11. The minimum absolute atomic E-state index is 0.123. The van der Waals surface area contributed by atoms with Crippen molar-refractivity contribution in [3.8, 4) is 0 Å². The van der Waals surface area contributed by atoms with E-state index in [1.165, 1.54) is 82.0 Å². The summed E-state index contributed by atoms with van der Waals surface area (Å²) in [5.74, 6) is -13.5. The Balaban J connectivity index is 8.23. The number of likely N-dealkylation sites (N-methyl/N-ethyl adjacent to an activating group) is 5. The topological polar surface area (TPSA) is 419 Å². The predicted octanol–water partition coefficient (Wildman–Crippen LogP) is -1.50. The third-order valence-electron chi connectivity index (χ3n) is 14.5. The second kappa shape index (κ2) is 41.7. The van der Waals surface area contributed by atoms with Crippen molar-refractivity contribution in [3.63, 3.8) is 0 Å². The molecule has 0 aliphatic heterocycles. The Hall–Kier alpha value is -7.67. The zero-order chi connectivity index (χ0) is 71.0. The van der Waals surface area contributed by atoms with Gasteiger partial charge in [0.15, 0.2) is 28.9 Å². The molecule has 0 aliphatic carbocycles. The van der Waals surface area contributed by atoms with E-state index in [1.807, 2.05) is 0 Å². The minimum atomic E-state index is -2.01. The fraction of sp³-hybridized carbons (Fsp3) is 0.694. The number of carbonyl (C=O) groups is 15. The molecule has 0 heterocycles. The monoisotopic (exact) mass is 1300 g/mol. The van der Waals surface area contributed by atoms with Gasteiger partial charge in [-0.15, -0.1) is 13.2 Å². The molecule has 0 saturated carbocycles. The summed E-state index contributed by atoms with van der Waals surface area (Å²) in [7, 11) is 8.26. The van der Waals surface area contributed by atoms with E-state index in [9.17, 15) is 62.3 Å². The molecule has 0 aromatic heterocycles. The standard InChI is InChI=1S/C62H104N12O18/c1-20-22-23-51(80)68-39(24-26-52(81)91-61(8,9)10)54(83)72-43(31-48(77)36(5)65-16)59(88)74(28-21-2)45(33-50(79)38(7)67-18)58(87)71-42(30-47(76)35(4)64-15)57(86)70-41(29-46(75)34(3)63-14)56(85)69-40(25-27-53(82)92-62(11,12)13)55(84)73-44(60(89)90-19)32-49(78)37(6)66-17/h20-21,34-45,63-67H,1-2,22-33H2,3-19H3,(H,68,80)(H,69,85)(H,70,86)(H,71,87)(H,72,83)(H,73,84)/t34-,35-,36-,37-,38-,39-,40-,41?,42?,43?,44?,45?/m0/s1. The lowest BCUT2D eigenvalue weighted by molar-refractivity contribution is -0.156. The van der Waals surface area contributed by atoms with E-state index in [1.54, 1.807) is 41.5 Å². The zero-order valence-electron chi connectivity index (χ0n) is 56.8. The SMILES string of the molecule is C=CCCC(=O)N[C@@H](CCC(=O)OC(C)(C)C)C(=O)NC(CC(=O)[C@H](C)NC)C(=O)N(CC=C)C(CC(=O)[C@H](C)NC)C(=O)NC(CC(=O)[C@H](C)NC)C(=O)NC(CC(=O)[C@H](C)NC)C(=O)N[C@@H](CCC(=O)OC(C)(C)C)C(=O)NC(CC(=O)[C@H](C)NC)C(=O)OC. The van der Waals surface area contributed by atoms with Gasteiger partial charge in [-0.3, -0.25) is 67.1 Å². The molecule has 0 radical (unpaired) electrons. The van der Waals surface area contributed by atoms with Gasteiger partial charge in [-0.05, 0) is 131 Å². The molecule has 12 atom stereocenters. The quantitative estimate of drug-likeness (QED) is 0.0188.